The molecule has 0 bridgehead atoms. The largest absolute Gasteiger partial charge is 0.450 e. The van der Waals surface area contributed by atoms with Gasteiger partial charge in [-0.1, -0.05) is 11.6 Å². The molecule has 4 heteroatoms. The zero-order valence-corrected chi connectivity index (χ0v) is 6.23. The summed E-state index contributed by atoms with van der Waals surface area (Å²) >= 11 is 5.40. The Labute approximate surface area is 59.3 Å². The average Bonchev–Trinajstić information content (AvgIpc) is 1.63. The Bertz CT molecular complexity index is 95.0. The number of halogens is 1. The monoisotopic (exact) mass is 151 g/mol. The molecular weight excluding hydrogens is 142 g/mol. The summed E-state index contributed by atoms with van der Waals surface area (Å²) in [6.07, 6.45) is -0.472. The number of amides is 1. The van der Waals surface area contributed by atoms with Crippen LogP contribution in [0.1, 0.15) is 13.8 Å². The lowest BCUT2D eigenvalue weighted by Gasteiger charge is -2.04. The number of alkyl halides is 1. The van der Waals surface area contributed by atoms with Crippen LogP contribution in [0.5, 0.6) is 0 Å². The maximum absolute atomic E-state index is 10.4. The standard InChI is InChI=1S/C5H10ClNO2/c1-3-9-5(8)7-4(2)6/h4H,3H2,1-2H3,(H,7,8). The van der Waals surface area contributed by atoms with E-state index in [-0.39, 0.29) is 5.50 Å². The average molecular weight is 152 g/mol. The van der Waals surface area contributed by atoms with Crippen LogP contribution >= 0.6 is 11.6 Å². The SMILES string of the molecule is CCOC(=O)NC(C)Cl. The van der Waals surface area contributed by atoms with E-state index in [1.54, 1.807) is 13.8 Å². The quantitative estimate of drug-likeness (QED) is 0.478. The van der Waals surface area contributed by atoms with Crippen LogP contribution in [0.25, 0.3) is 0 Å². The fraction of sp³-hybridized carbons (Fsp3) is 0.800. The molecule has 0 rings (SSSR count). The predicted molar refractivity (Wildman–Crippen MR) is 35.5 cm³/mol. The molecule has 3 nitrogen and oxygen atoms in total. The van der Waals surface area contributed by atoms with Crippen LogP contribution in [0.2, 0.25) is 0 Å². The van der Waals surface area contributed by atoms with Gasteiger partial charge in [-0.15, -0.1) is 0 Å². The van der Waals surface area contributed by atoms with Crippen molar-refractivity contribution in [3.8, 4) is 0 Å². The molecule has 0 aromatic carbocycles. The van der Waals surface area contributed by atoms with Crippen molar-refractivity contribution < 1.29 is 9.53 Å². The second kappa shape index (κ2) is 4.44. The molecule has 54 valence electrons. The molecule has 0 heterocycles. The number of hydrogen-bond donors (Lipinski definition) is 1. The van der Waals surface area contributed by atoms with Crippen molar-refractivity contribution in [2.75, 3.05) is 6.61 Å². The molecule has 1 unspecified atom stereocenters. The van der Waals surface area contributed by atoms with Crippen LogP contribution in [0.15, 0.2) is 0 Å². The highest BCUT2D eigenvalue weighted by molar-refractivity contribution is 6.20. The summed E-state index contributed by atoms with van der Waals surface area (Å²) in [5, 5.41) is 2.35. The molecule has 0 aliphatic rings. The van der Waals surface area contributed by atoms with Gasteiger partial charge in [-0.2, -0.15) is 0 Å². The molecule has 0 saturated heterocycles. The van der Waals surface area contributed by atoms with Gasteiger partial charge >= 0.3 is 6.09 Å². The van der Waals surface area contributed by atoms with Gasteiger partial charge in [0.2, 0.25) is 0 Å². The van der Waals surface area contributed by atoms with Gasteiger partial charge < -0.3 is 10.1 Å². The minimum Gasteiger partial charge on any atom is -0.450 e. The van der Waals surface area contributed by atoms with Gasteiger partial charge in [-0.3, -0.25) is 0 Å². The van der Waals surface area contributed by atoms with Gasteiger partial charge in [0.1, 0.15) is 5.50 Å². The van der Waals surface area contributed by atoms with Gasteiger partial charge in [-0.05, 0) is 13.8 Å². The molecule has 0 radical (unpaired) electrons. The van der Waals surface area contributed by atoms with E-state index >= 15 is 0 Å². The van der Waals surface area contributed by atoms with E-state index in [4.69, 9.17) is 11.6 Å². The number of ether oxygens (including phenoxy) is 1. The Morgan fingerprint density at radius 1 is 1.89 bits per heavy atom. The Morgan fingerprint density at radius 3 is 2.78 bits per heavy atom. The maximum Gasteiger partial charge on any atom is 0.408 e. The van der Waals surface area contributed by atoms with Gasteiger partial charge in [0.15, 0.2) is 0 Å². The molecule has 0 aromatic rings. The van der Waals surface area contributed by atoms with E-state index < -0.39 is 6.09 Å². The fourth-order valence-corrected chi connectivity index (χ4v) is 0.424. The van der Waals surface area contributed by atoms with Crippen molar-refractivity contribution in [2.45, 2.75) is 19.3 Å². The zero-order chi connectivity index (χ0) is 7.28. The Balaban J connectivity index is 3.27. The first-order valence-electron chi connectivity index (χ1n) is 2.74. The summed E-state index contributed by atoms with van der Waals surface area (Å²) in [6, 6.07) is 0. The summed E-state index contributed by atoms with van der Waals surface area (Å²) in [6.45, 7) is 3.76. The highest BCUT2D eigenvalue weighted by Gasteiger charge is 2.01. The smallest absolute Gasteiger partial charge is 0.408 e. The van der Waals surface area contributed by atoms with E-state index in [2.05, 4.69) is 10.1 Å². The van der Waals surface area contributed by atoms with E-state index in [0.717, 1.165) is 0 Å². The molecule has 0 spiro atoms. The van der Waals surface area contributed by atoms with Crippen molar-refractivity contribution in [3.63, 3.8) is 0 Å². The molecule has 0 aromatic heterocycles. The highest BCUT2D eigenvalue weighted by atomic mass is 35.5. The first-order valence-corrected chi connectivity index (χ1v) is 3.17. The molecule has 1 atom stereocenters. The molecule has 1 N–H and O–H groups in total. The lowest BCUT2D eigenvalue weighted by Crippen LogP contribution is -2.29. The first-order chi connectivity index (χ1) is 4.16. The molecule has 1 amide bonds. The number of carbonyl (C=O) groups excluding carboxylic acids is 1. The van der Waals surface area contributed by atoms with Crippen LogP contribution in [0, 0.1) is 0 Å². The Morgan fingerprint density at radius 2 is 2.44 bits per heavy atom. The molecule has 0 fully saturated rings. The second-order valence-corrected chi connectivity index (χ2v) is 2.14. The summed E-state index contributed by atoms with van der Waals surface area (Å²) in [5.41, 5.74) is -0.371. The predicted octanol–water partition coefficient (Wildman–Crippen LogP) is 1.32. The van der Waals surface area contributed by atoms with Gasteiger partial charge in [0.05, 0.1) is 6.61 Å². The third-order valence-electron chi connectivity index (χ3n) is 0.592. The minimum absolute atomic E-state index is 0.370. The van der Waals surface area contributed by atoms with Crippen LogP contribution in [0.4, 0.5) is 4.79 Å². The van der Waals surface area contributed by atoms with Crippen LogP contribution in [0.3, 0.4) is 0 Å². The number of alkyl carbamates (subject to hydrolysis) is 1. The lowest BCUT2D eigenvalue weighted by molar-refractivity contribution is 0.151. The third kappa shape index (κ3) is 5.43. The van der Waals surface area contributed by atoms with Crippen molar-refractivity contribution >= 4 is 17.7 Å². The molecule has 0 saturated carbocycles. The molecule has 0 aliphatic heterocycles. The third-order valence-corrected chi connectivity index (χ3v) is 0.701. The van der Waals surface area contributed by atoms with E-state index in [1.165, 1.54) is 0 Å². The first kappa shape index (κ1) is 8.56. The van der Waals surface area contributed by atoms with Gasteiger partial charge in [0, 0.05) is 0 Å². The van der Waals surface area contributed by atoms with Crippen LogP contribution < -0.4 is 5.32 Å². The van der Waals surface area contributed by atoms with Crippen LogP contribution in [-0.4, -0.2) is 18.2 Å². The van der Waals surface area contributed by atoms with Gasteiger partial charge in [0.25, 0.3) is 0 Å². The van der Waals surface area contributed by atoms with Crippen molar-refractivity contribution in [2.24, 2.45) is 0 Å². The summed E-state index contributed by atoms with van der Waals surface area (Å²) < 4.78 is 4.52. The number of nitrogens with one attached hydrogen (secondary N) is 1. The molecular formula is C5H10ClNO2. The van der Waals surface area contributed by atoms with E-state index in [9.17, 15) is 4.79 Å². The highest BCUT2D eigenvalue weighted by Crippen LogP contribution is 1.87. The summed E-state index contributed by atoms with van der Waals surface area (Å²) in [7, 11) is 0. The fourth-order valence-electron chi connectivity index (χ4n) is 0.335. The second-order valence-electron chi connectivity index (χ2n) is 1.48. The van der Waals surface area contributed by atoms with E-state index in [1.807, 2.05) is 0 Å². The lowest BCUT2D eigenvalue weighted by atomic mass is 10.7. The number of hydrogen-bond acceptors (Lipinski definition) is 2. The van der Waals surface area contributed by atoms with E-state index in [0.29, 0.717) is 6.61 Å². The number of carbonyl (C=O) groups is 1. The Kier molecular flexibility index (Phi) is 4.22. The maximum atomic E-state index is 10.4. The minimum atomic E-state index is -0.472. The topological polar surface area (TPSA) is 38.3 Å². The zero-order valence-electron chi connectivity index (χ0n) is 5.48. The van der Waals surface area contributed by atoms with Crippen molar-refractivity contribution in [1.82, 2.24) is 5.32 Å². The molecule has 0 aliphatic carbocycles. The van der Waals surface area contributed by atoms with Crippen molar-refractivity contribution in [3.05, 3.63) is 0 Å². The van der Waals surface area contributed by atoms with Crippen molar-refractivity contribution in [1.29, 1.82) is 0 Å². The normalized spacial score (nSPS) is 12.3. The Hall–Kier alpha value is -0.440. The summed E-state index contributed by atoms with van der Waals surface area (Å²) in [4.78, 5) is 10.4. The van der Waals surface area contributed by atoms with Gasteiger partial charge in [-0.25, -0.2) is 4.79 Å². The summed E-state index contributed by atoms with van der Waals surface area (Å²) in [5.74, 6) is 0. The van der Waals surface area contributed by atoms with Crippen LogP contribution in [-0.2, 0) is 4.74 Å². The molecule has 9 heavy (non-hydrogen) atoms. The number of rotatable bonds is 2.